The Morgan fingerprint density at radius 2 is 1.83 bits per heavy atom. The van der Waals surface area contributed by atoms with Crippen LogP contribution >= 0.6 is 0 Å². The van der Waals surface area contributed by atoms with E-state index in [0.717, 1.165) is 28.4 Å². The largest absolute Gasteiger partial charge is 0.497 e. The quantitative estimate of drug-likeness (QED) is 0.623. The number of nitrogens with one attached hydrogen (secondary N) is 2. The van der Waals surface area contributed by atoms with Crippen LogP contribution in [0.2, 0.25) is 0 Å². The monoisotopic (exact) mass is 407 g/mol. The molecule has 1 aromatic heterocycles. The summed E-state index contributed by atoms with van der Waals surface area (Å²) >= 11 is 0. The lowest BCUT2D eigenvalue weighted by Crippen LogP contribution is -2.37. The molecule has 3 aromatic rings. The van der Waals surface area contributed by atoms with Crippen molar-refractivity contribution in [3.05, 3.63) is 71.5 Å². The molecule has 1 heterocycles. The zero-order chi connectivity index (χ0) is 21.7. The van der Waals surface area contributed by atoms with E-state index in [1.165, 1.54) is 0 Å². The molecule has 0 spiro atoms. The van der Waals surface area contributed by atoms with Crippen LogP contribution < -0.4 is 15.4 Å². The van der Waals surface area contributed by atoms with Crippen LogP contribution in [0.5, 0.6) is 5.75 Å². The molecule has 0 saturated heterocycles. The van der Waals surface area contributed by atoms with Crippen LogP contribution in [0.25, 0.3) is 5.69 Å². The number of aromatic nitrogens is 2. The van der Waals surface area contributed by atoms with Crippen molar-refractivity contribution in [2.24, 2.45) is 0 Å². The number of rotatable bonds is 7. The zero-order valence-electron chi connectivity index (χ0n) is 18.1. The second-order valence-electron chi connectivity index (χ2n) is 7.44. The van der Waals surface area contributed by atoms with Gasteiger partial charge in [-0.2, -0.15) is 5.10 Å². The number of benzene rings is 2. The minimum Gasteiger partial charge on any atom is -0.497 e. The van der Waals surface area contributed by atoms with Crippen molar-refractivity contribution in [2.75, 3.05) is 33.1 Å². The highest BCUT2D eigenvalue weighted by Crippen LogP contribution is 2.23. The highest BCUT2D eigenvalue weighted by Gasteiger charge is 2.16. The lowest BCUT2D eigenvalue weighted by Gasteiger charge is -2.25. The molecule has 2 amide bonds. The number of urea groups is 1. The molecule has 7 heteroatoms. The molecule has 0 aliphatic rings. The molecule has 0 fully saturated rings. The van der Waals surface area contributed by atoms with Gasteiger partial charge in [-0.05, 0) is 63.8 Å². The summed E-state index contributed by atoms with van der Waals surface area (Å²) in [6.07, 6.45) is 0. The van der Waals surface area contributed by atoms with Crippen molar-refractivity contribution in [3.8, 4) is 11.4 Å². The Balaban J connectivity index is 1.70. The minimum atomic E-state index is -0.260. The number of hydrogen-bond acceptors (Lipinski definition) is 4. The average Bonchev–Trinajstić information content (AvgIpc) is 3.06. The Labute approximate surface area is 177 Å². The number of hydrogen-bond donors (Lipinski definition) is 2. The maximum absolute atomic E-state index is 12.7. The van der Waals surface area contributed by atoms with E-state index >= 15 is 0 Å². The summed E-state index contributed by atoms with van der Waals surface area (Å²) in [5, 5.41) is 10.5. The third kappa shape index (κ3) is 4.99. The van der Waals surface area contributed by atoms with Crippen molar-refractivity contribution in [3.63, 3.8) is 0 Å². The van der Waals surface area contributed by atoms with Gasteiger partial charge in [0, 0.05) is 12.2 Å². The lowest BCUT2D eigenvalue weighted by atomic mass is 10.1. The molecule has 1 atom stereocenters. The normalized spacial score (nSPS) is 11.9. The first-order chi connectivity index (χ1) is 14.4. The van der Waals surface area contributed by atoms with Crippen molar-refractivity contribution in [2.45, 2.75) is 19.9 Å². The number of ether oxygens (including phenoxy) is 1. The molecule has 0 aliphatic heterocycles. The fourth-order valence-electron chi connectivity index (χ4n) is 3.42. The third-order valence-corrected chi connectivity index (χ3v) is 4.97. The number of anilines is 1. The SMILES string of the molecule is COc1ccc(C(CNC(=O)Nc2ccccc2-n2nc(C)cc2C)N(C)C)cc1. The van der Waals surface area contributed by atoms with Crippen LogP contribution in [-0.4, -0.2) is 48.5 Å². The Kier molecular flexibility index (Phi) is 6.74. The molecular formula is C23H29N5O2. The molecule has 0 saturated carbocycles. The first-order valence-corrected chi connectivity index (χ1v) is 9.87. The molecule has 7 nitrogen and oxygen atoms in total. The molecule has 158 valence electrons. The molecular weight excluding hydrogens is 378 g/mol. The number of amides is 2. The topological polar surface area (TPSA) is 71.4 Å². The smallest absolute Gasteiger partial charge is 0.319 e. The molecule has 0 aliphatic carbocycles. The van der Waals surface area contributed by atoms with Crippen LogP contribution in [0.1, 0.15) is 23.0 Å². The molecule has 0 radical (unpaired) electrons. The highest BCUT2D eigenvalue weighted by molar-refractivity contribution is 5.91. The van der Waals surface area contributed by atoms with Crippen LogP contribution in [-0.2, 0) is 0 Å². The predicted octanol–water partition coefficient (Wildman–Crippen LogP) is 3.92. The number of para-hydroxylation sites is 2. The van der Waals surface area contributed by atoms with E-state index in [2.05, 4.69) is 20.6 Å². The van der Waals surface area contributed by atoms with Gasteiger partial charge in [-0.1, -0.05) is 24.3 Å². The van der Waals surface area contributed by atoms with Gasteiger partial charge in [0.2, 0.25) is 0 Å². The molecule has 3 rings (SSSR count). The van der Waals surface area contributed by atoms with Crippen molar-refractivity contribution in [1.29, 1.82) is 0 Å². The summed E-state index contributed by atoms with van der Waals surface area (Å²) in [5.41, 5.74) is 4.57. The summed E-state index contributed by atoms with van der Waals surface area (Å²) in [5.74, 6) is 0.808. The van der Waals surface area contributed by atoms with E-state index in [1.807, 2.05) is 87.2 Å². The van der Waals surface area contributed by atoms with Crippen LogP contribution in [0.4, 0.5) is 10.5 Å². The molecule has 0 bridgehead atoms. The van der Waals surface area contributed by atoms with Crippen LogP contribution in [0, 0.1) is 13.8 Å². The summed E-state index contributed by atoms with van der Waals surface area (Å²) < 4.78 is 7.07. The number of nitrogens with zero attached hydrogens (tertiary/aromatic N) is 3. The van der Waals surface area contributed by atoms with E-state index in [-0.39, 0.29) is 12.1 Å². The van der Waals surface area contributed by atoms with Gasteiger partial charge in [0.25, 0.3) is 0 Å². The van der Waals surface area contributed by atoms with Crippen molar-refractivity contribution in [1.82, 2.24) is 20.0 Å². The molecule has 2 aromatic carbocycles. The predicted molar refractivity (Wildman–Crippen MR) is 119 cm³/mol. The van der Waals surface area contributed by atoms with Gasteiger partial charge in [-0.25, -0.2) is 9.48 Å². The fourth-order valence-corrected chi connectivity index (χ4v) is 3.42. The maximum atomic E-state index is 12.7. The van der Waals surface area contributed by atoms with Gasteiger partial charge < -0.3 is 20.3 Å². The maximum Gasteiger partial charge on any atom is 0.319 e. The minimum absolute atomic E-state index is 0.0351. The molecule has 30 heavy (non-hydrogen) atoms. The fraction of sp³-hybridized carbons (Fsp3) is 0.304. The summed E-state index contributed by atoms with van der Waals surface area (Å²) in [6.45, 7) is 4.41. The average molecular weight is 408 g/mol. The molecule has 2 N–H and O–H groups in total. The Morgan fingerprint density at radius 1 is 1.13 bits per heavy atom. The number of carbonyl (C=O) groups is 1. The lowest BCUT2D eigenvalue weighted by molar-refractivity contribution is 0.243. The zero-order valence-corrected chi connectivity index (χ0v) is 18.1. The molecule has 1 unspecified atom stereocenters. The standard InChI is InChI=1S/C23H29N5O2/c1-16-14-17(2)28(26-16)21-9-7-6-8-20(21)25-23(29)24-15-22(27(3)4)18-10-12-19(30-5)13-11-18/h6-14,22H,15H2,1-5H3,(H2,24,25,29). The Bertz CT molecular complexity index is 995. The Hall–Kier alpha value is -3.32. The third-order valence-electron chi connectivity index (χ3n) is 4.97. The van der Waals surface area contributed by atoms with Gasteiger partial charge >= 0.3 is 6.03 Å². The van der Waals surface area contributed by atoms with Gasteiger partial charge in [0.15, 0.2) is 0 Å². The van der Waals surface area contributed by atoms with Gasteiger partial charge in [-0.15, -0.1) is 0 Å². The number of likely N-dealkylation sites (N-methyl/N-ethyl adjacent to an activating group) is 1. The second-order valence-corrected chi connectivity index (χ2v) is 7.44. The van der Waals surface area contributed by atoms with Crippen molar-refractivity contribution >= 4 is 11.7 Å². The number of methoxy groups -OCH3 is 1. The van der Waals surface area contributed by atoms with Crippen LogP contribution in [0.3, 0.4) is 0 Å². The first kappa shape index (κ1) is 21.4. The van der Waals surface area contributed by atoms with Crippen molar-refractivity contribution < 1.29 is 9.53 Å². The summed E-state index contributed by atoms with van der Waals surface area (Å²) in [4.78, 5) is 14.7. The van der Waals surface area contributed by atoms with Gasteiger partial charge in [0.05, 0.1) is 30.2 Å². The number of aryl methyl sites for hydroxylation is 2. The van der Waals surface area contributed by atoms with Crippen LogP contribution in [0.15, 0.2) is 54.6 Å². The van der Waals surface area contributed by atoms with E-state index in [0.29, 0.717) is 12.2 Å². The van der Waals surface area contributed by atoms with E-state index in [1.54, 1.807) is 7.11 Å². The highest BCUT2D eigenvalue weighted by atomic mass is 16.5. The van der Waals surface area contributed by atoms with Gasteiger partial charge in [-0.3, -0.25) is 0 Å². The Morgan fingerprint density at radius 3 is 2.43 bits per heavy atom. The van der Waals surface area contributed by atoms with E-state index < -0.39 is 0 Å². The first-order valence-electron chi connectivity index (χ1n) is 9.87. The summed E-state index contributed by atoms with van der Waals surface area (Å²) in [7, 11) is 5.63. The van der Waals surface area contributed by atoms with E-state index in [9.17, 15) is 4.79 Å². The number of carbonyl (C=O) groups excluding carboxylic acids is 1. The van der Waals surface area contributed by atoms with E-state index in [4.69, 9.17) is 4.74 Å². The van der Waals surface area contributed by atoms with Gasteiger partial charge in [0.1, 0.15) is 5.75 Å². The second kappa shape index (κ2) is 9.45. The summed E-state index contributed by atoms with van der Waals surface area (Å²) in [6, 6.07) is 17.3.